The fraction of sp³-hybridized carbons (Fsp3) is 0.130. The molecule has 0 unspecified atom stereocenters. The largest absolute Gasteiger partial charge is 0.489 e. The van der Waals surface area contributed by atoms with E-state index in [4.69, 9.17) is 4.74 Å². The van der Waals surface area contributed by atoms with Crippen molar-refractivity contribution in [2.45, 2.75) is 17.9 Å². The highest BCUT2D eigenvalue weighted by atomic mass is 32.2. The zero-order chi connectivity index (χ0) is 22.6. The maximum Gasteiger partial charge on any atom is 0.269 e. The SMILES string of the molecule is O=[N+]([O-])c1ccc(S(=O)(=O)NCCc2c[nH]c3cc(OCc4ccccc4)ccc23)cc1. The summed E-state index contributed by atoms with van der Waals surface area (Å²) in [5.74, 6) is 0.744. The number of nitro benzene ring substituents is 1. The molecule has 0 radical (unpaired) electrons. The highest BCUT2D eigenvalue weighted by Crippen LogP contribution is 2.24. The first-order valence-electron chi connectivity index (χ1n) is 9.93. The Balaban J connectivity index is 1.37. The third-order valence-electron chi connectivity index (χ3n) is 5.03. The van der Waals surface area contributed by atoms with Gasteiger partial charge in [0.05, 0.1) is 9.82 Å². The Morgan fingerprint density at radius 3 is 2.47 bits per heavy atom. The van der Waals surface area contributed by atoms with Crippen LogP contribution in [0.4, 0.5) is 5.69 Å². The van der Waals surface area contributed by atoms with Crippen molar-refractivity contribution in [1.82, 2.24) is 9.71 Å². The normalized spacial score (nSPS) is 11.5. The molecule has 0 bridgehead atoms. The van der Waals surface area contributed by atoms with E-state index in [-0.39, 0.29) is 17.1 Å². The van der Waals surface area contributed by atoms with Crippen molar-refractivity contribution < 1.29 is 18.1 Å². The Labute approximate surface area is 185 Å². The van der Waals surface area contributed by atoms with Gasteiger partial charge in [-0.2, -0.15) is 0 Å². The Morgan fingerprint density at radius 1 is 1.00 bits per heavy atom. The van der Waals surface area contributed by atoms with Gasteiger partial charge in [0.2, 0.25) is 10.0 Å². The molecule has 1 aromatic heterocycles. The van der Waals surface area contributed by atoms with Gasteiger partial charge in [0, 0.05) is 41.8 Å². The molecule has 3 aromatic carbocycles. The lowest BCUT2D eigenvalue weighted by Crippen LogP contribution is -2.25. The number of hydrogen-bond acceptors (Lipinski definition) is 5. The predicted molar refractivity (Wildman–Crippen MR) is 121 cm³/mol. The van der Waals surface area contributed by atoms with Crippen molar-refractivity contribution in [3.05, 3.63) is 100 Å². The number of fused-ring (bicyclic) bond motifs is 1. The van der Waals surface area contributed by atoms with Crippen LogP contribution in [-0.4, -0.2) is 24.9 Å². The number of nitrogens with zero attached hydrogens (tertiary/aromatic N) is 1. The van der Waals surface area contributed by atoms with E-state index >= 15 is 0 Å². The van der Waals surface area contributed by atoms with Crippen LogP contribution >= 0.6 is 0 Å². The lowest BCUT2D eigenvalue weighted by Gasteiger charge is -2.07. The molecule has 0 aliphatic heterocycles. The third-order valence-corrected chi connectivity index (χ3v) is 6.51. The van der Waals surface area contributed by atoms with Crippen molar-refractivity contribution in [2.75, 3.05) is 6.54 Å². The number of aromatic amines is 1. The van der Waals surface area contributed by atoms with Crippen LogP contribution in [0.1, 0.15) is 11.1 Å². The number of hydrogen-bond donors (Lipinski definition) is 2. The first-order chi connectivity index (χ1) is 15.4. The molecule has 0 spiro atoms. The summed E-state index contributed by atoms with van der Waals surface area (Å²) in [6.07, 6.45) is 2.34. The number of H-pyrrole nitrogens is 1. The van der Waals surface area contributed by atoms with Gasteiger partial charge >= 0.3 is 0 Å². The van der Waals surface area contributed by atoms with Crippen molar-refractivity contribution >= 4 is 26.6 Å². The molecule has 0 saturated carbocycles. The molecule has 0 atom stereocenters. The van der Waals surface area contributed by atoms with Gasteiger partial charge in [-0.3, -0.25) is 10.1 Å². The summed E-state index contributed by atoms with van der Waals surface area (Å²) >= 11 is 0. The fourth-order valence-electron chi connectivity index (χ4n) is 3.35. The summed E-state index contributed by atoms with van der Waals surface area (Å²) in [5.41, 5.74) is 2.81. The number of nitrogens with one attached hydrogen (secondary N) is 2. The Kier molecular flexibility index (Phi) is 6.20. The first-order valence-corrected chi connectivity index (χ1v) is 11.4. The molecule has 0 fully saturated rings. The van der Waals surface area contributed by atoms with Gasteiger partial charge in [0.1, 0.15) is 12.4 Å². The first kappa shape index (κ1) is 21.5. The molecule has 2 N–H and O–H groups in total. The summed E-state index contributed by atoms with van der Waals surface area (Å²) in [6.45, 7) is 0.670. The number of rotatable bonds is 9. The number of aromatic nitrogens is 1. The van der Waals surface area contributed by atoms with E-state index in [1.165, 1.54) is 24.3 Å². The molecule has 0 amide bonds. The Bertz CT molecular complexity index is 1330. The second-order valence-electron chi connectivity index (χ2n) is 7.19. The van der Waals surface area contributed by atoms with E-state index in [0.29, 0.717) is 13.0 Å². The average molecular weight is 452 g/mol. The number of benzene rings is 3. The monoisotopic (exact) mass is 451 g/mol. The lowest BCUT2D eigenvalue weighted by molar-refractivity contribution is -0.384. The molecule has 32 heavy (non-hydrogen) atoms. The smallest absolute Gasteiger partial charge is 0.269 e. The maximum atomic E-state index is 12.4. The summed E-state index contributed by atoms with van der Waals surface area (Å²) in [7, 11) is -3.75. The van der Waals surface area contributed by atoms with Crippen molar-refractivity contribution in [2.24, 2.45) is 0 Å². The van der Waals surface area contributed by atoms with Gasteiger partial charge in [-0.15, -0.1) is 0 Å². The van der Waals surface area contributed by atoms with E-state index in [1.54, 1.807) is 0 Å². The molecule has 8 nitrogen and oxygen atoms in total. The molecule has 0 aliphatic rings. The number of sulfonamides is 1. The van der Waals surface area contributed by atoms with Gasteiger partial charge in [-0.25, -0.2) is 13.1 Å². The van der Waals surface area contributed by atoms with Gasteiger partial charge < -0.3 is 9.72 Å². The van der Waals surface area contributed by atoms with E-state index < -0.39 is 14.9 Å². The van der Waals surface area contributed by atoms with Crippen LogP contribution in [0.25, 0.3) is 10.9 Å². The average Bonchev–Trinajstić information content (AvgIpc) is 3.20. The van der Waals surface area contributed by atoms with Gasteiger partial charge in [-0.05, 0) is 41.8 Å². The minimum atomic E-state index is -3.75. The molecular formula is C23H21N3O5S. The predicted octanol–water partition coefficient (Wildman–Crippen LogP) is 4.18. The topological polar surface area (TPSA) is 114 Å². The highest BCUT2D eigenvalue weighted by Gasteiger charge is 2.16. The van der Waals surface area contributed by atoms with Crippen LogP contribution in [-0.2, 0) is 23.1 Å². The van der Waals surface area contributed by atoms with Crippen LogP contribution in [0.5, 0.6) is 5.75 Å². The number of ether oxygens (including phenoxy) is 1. The van der Waals surface area contributed by atoms with Gasteiger partial charge in [0.25, 0.3) is 5.69 Å². The van der Waals surface area contributed by atoms with Gasteiger partial charge in [-0.1, -0.05) is 30.3 Å². The molecule has 1 heterocycles. The quantitative estimate of drug-likeness (QED) is 0.293. The second-order valence-corrected chi connectivity index (χ2v) is 8.96. The summed E-state index contributed by atoms with van der Waals surface area (Å²) in [5, 5.41) is 11.7. The molecule has 164 valence electrons. The van der Waals surface area contributed by atoms with Crippen LogP contribution in [0.2, 0.25) is 0 Å². The zero-order valence-corrected chi connectivity index (χ0v) is 17.8. The molecule has 4 aromatic rings. The van der Waals surface area contributed by atoms with Gasteiger partial charge in [0.15, 0.2) is 0 Å². The molecule has 0 aliphatic carbocycles. The molecule has 0 saturated heterocycles. The van der Waals surface area contributed by atoms with Crippen molar-refractivity contribution in [3.8, 4) is 5.75 Å². The Morgan fingerprint density at radius 2 is 1.75 bits per heavy atom. The van der Waals surface area contributed by atoms with Crippen molar-refractivity contribution in [3.63, 3.8) is 0 Å². The van der Waals surface area contributed by atoms with E-state index in [0.717, 1.165) is 27.8 Å². The van der Waals surface area contributed by atoms with E-state index in [2.05, 4.69) is 9.71 Å². The Hall–Kier alpha value is -3.69. The molecular weight excluding hydrogens is 430 g/mol. The van der Waals surface area contributed by atoms with Crippen LogP contribution in [0.3, 0.4) is 0 Å². The highest BCUT2D eigenvalue weighted by molar-refractivity contribution is 7.89. The minimum Gasteiger partial charge on any atom is -0.489 e. The minimum absolute atomic E-state index is 0.0118. The van der Waals surface area contributed by atoms with Crippen molar-refractivity contribution in [1.29, 1.82) is 0 Å². The van der Waals surface area contributed by atoms with E-state index in [1.807, 2.05) is 54.7 Å². The van der Waals surface area contributed by atoms with Crippen LogP contribution in [0.15, 0.2) is 83.9 Å². The van der Waals surface area contributed by atoms with Crippen LogP contribution in [0, 0.1) is 10.1 Å². The summed E-state index contributed by atoms with van der Waals surface area (Å²) < 4.78 is 33.3. The molecule has 4 rings (SSSR count). The lowest BCUT2D eigenvalue weighted by atomic mass is 10.1. The van der Waals surface area contributed by atoms with Crippen LogP contribution < -0.4 is 9.46 Å². The summed E-state index contributed by atoms with van der Waals surface area (Å²) in [6, 6.07) is 20.5. The second kappa shape index (κ2) is 9.21. The standard InChI is InChI=1S/C23H21N3O5S/c27-26(28)19-6-9-21(10-7-19)32(29,30)25-13-12-18-15-24-23-14-20(8-11-22(18)23)31-16-17-4-2-1-3-5-17/h1-11,14-15,24-25H,12-13,16H2. The number of non-ortho nitro benzene ring substituents is 1. The number of nitro groups is 1. The summed E-state index contributed by atoms with van der Waals surface area (Å²) in [4.78, 5) is 13.3. The third kappa shape index (κ3) is 4.96. The maximum absolute atomic E-state index is 12.4. The fourth-order valence-corrected chi connectivity index (χ4v) is 4.39. The van der Waals surface area contributed by atoms with E-state index in [9.17, 15) is 18.5 Å². The zero-order valence-electron chi connectivity index (χ0n) is 17.0. The molecule has 9 heteroatoms.